The van der Waals surface area contributed by atoms with Gasteiger partial charge in [0.05, 0.1) is 18.8 Å². The smallest absolute Gasteiger partial charge is 0.338 e. The lowest BCUT2D eigenvalue weighted by Gasteiger charge is -2.26. The lowest BCUT2D eigenvalue weighted by Crippen LogP contribution is -2.41. The number of ether oxygens (including phenoxy) is 2. The van der Waals surface area contributed by atoms with Crippen LogP contribution < -0.4 is 10.6 Å². The van der Waals surface area contributed by atoms with E-state index in [9.17, 15) is 14.4 Å². The lowest BCUT2D eigenvalue weighted by molar-refractivity contribution is -0.123. The van der Waals surface area contributed by atoms with E-state index in [1.54, 1.807) is 12.1 Å². The first-order chi connectivity index (χ1) is 15.1. The molecule has 1 aliphatic heterocycles. The number of nitrogens with one attached hydrogen (secondary N) is 2. The second-order valence-corrected chi connectivity index (χ2v) is 7.82. The van der Waals surface area contributed by atoms with Crippen LogP contribution in [0.15, 0.2) is 35.9 Å². The van der Waals surface area contributed by atoms with E-state index in [0.717, 1.165) is 57.7 Å². The standard InChI is InChI=1S/C23H31N3O5/c27-21(25-23(29)24-11-10-18-4-2-1-3-5-18)17-31-22(28)20-8-6-19(7-9-20)16-26-12-14-30-15-13-26/h4,6-9H,1-3,5,10-17H2,(H2,24,25,27,29). The van der Waals surface area contributed by atoms with Gasteiger partial charge in [0.2, 0.25) is 0 Å². The molecule has 0 atom stereocenters. The predicted molar refractivity (Wildman–Crippen MR) is 116 cm³/mol. The number of esters is 1. The van der Waals surface area contributed by atoms with Gasteiger partial charge in [-0.1, -0.05) is 23.8 Å². The number of hydrogen-bond donors (Lipinski definition) is 2. The van der Waals surface area contributed by atoms with E-state index in [2.05, 4.69) is 21.6 Å². The summed E-state index contributed by atoms with van der Waals surface area (Å²) in [6, 6.07) is 6.54. The minimum Gasteiger partial charge on any atom is -0.452 e. The largest absolute Gasteiger partial charge is 0.452 e. The van der Waals surface area contributed by atoms with E-state index in [4.69, 9.17) is 9.47 Å². The van der Waals surface area contributed by atoms with Crippen LogP contribution in [0, 0.1) is 0 Å². The molecule has 8 heteroatoms. The quantitative estimate of drug-likeness (QED) is 0.487. The Hall–Kier alpha value is -2.71. The summed E-state index contributed by atoms with van der Waals surface area (Å²) in [7, 11) is 0. The van der Waals surface area contributed by atoms with E-state index in [1.165, 1.54) is 18.4 Å². The summed E-state index contributed by atoms with van der Waals surface area (Å²) in [6.07, 6.45) is 7.61. The molecular weight excluding hydrogens is 398 g/mol. The van der Waals surface area contributed by atoms with Crippen LogP contribution in [-0.2, 0) is 20.8 Å². The molecule has 0 radical (unpaired) electrons. The Morgan fingerprint density at radius 3 is 2.55 bits per heavy atom. The predicted octanol–water partition coefficient (Wildman–Crippen LogP) is 2.39. The van der Waals surface area contributed by atoms with Crippen molar-refractivity contribution >= 4 is 17.9 Å². The molecule has 3 amide bonds. The average molecular weight is 430 g/mol. The molecule has 31 heavy (non-hydrogen) atoms. The summed E-state index contributed by atoms with van der Waals surface area (Å²) in [6.45, 7) is 4.03. The Morgan fingerprint density at radius 1 is 1.06 bits per heavy atom. The number of rotatable bonds is 8. The summed E-state index contributed by atoms with van der Waals surface area (Å²) in [4.78, 5) is 38.1. The molecular formula is C23H31N3O5. The van der Waals surface area contributed by atoms with Crippen molar-refractivity contribution in [3.05, 3.63) is 47.0 Å². The van der Waals surface area contributed by atoms with Gasteiger partial charge in [0.25, 0.3) is 5.91 Å². The number of hydrogen-bond acceptors (Lipinski definition) is 6. The second kappa shape index (κ2) is 12.2. The number of carbonyl (C=O) groups excluding carboxylic acids is 3. The van der Waals surface area contributed by atoms with Crippen LogP contribution in [0.4, 0.5) is 4.79 Å². The molecule has 0 spiro atoms. The molecule has 1 heterocycles. The van der Waals surface area contributed by atoms with Crippen molar-refractivity contribution in [2.75, 3.05) is 39.5 Å². The van der Waals surface area contributed by atoms with Gasteiger partial charge in [-0.2, -0.15) is 0 Å². The Bertz CT molecular complexity index is 785. The minimum absolute atomic E-state index is 0.365. The molecule has 1 aliphatic carbocycles. The first-order valence-electron chi connectivity index (χ1n) is 10.9. The molecule has 1 aromatic carbocycles. The van der Waals surface area contributed by atoms with E-state index < -0.39 is 24.5 Å². The van der Waals surface area contributed by atoms with Crippen LogP contribution >= 0.6 is 0 Å². The van der Waals surface area contributed by atoms with Gasteiger partial charge in [-0.3, -0.25) is 15.0 Å². The van der Waals surface area contributed by atoms with Gasteiger partial charge in [0.15, 0.2) is 6.61 Å². The molecule has 1 saturated heterocycles. The fourth-order valence-corrected chi connectivity index (χ4v) is 3.65. The van der Waals surface area contributed by atoms with Gasteiger partial charge in [0.1, 0.15) is 0 Å². The van der Waals surface area contributed by atoms with E-state index in [1.807, 2.05) is 12.1 Å². The van der Waals surface area contributed by atoms with Crippen molar-refractivity contribution in [2.24, 2.45) is 0 Å². The Labute approximate surface area is 183 Å². The maximum absolute atomic E-state index is 12.1. The van der Waals surface area contributed by atoms with Crippen molar-refractivity contribution in [3.63, 3.8) is 0 Å². The highest BCUT2D eigenvalue weighted by Crippen LogP contribution is 2.19. The van der Waals surface area contributed by atoms with Gasteiger partial charge in [0, 0.05) is 26.2 Å². The molecule has 168 valence electrons. The van der Waals surface area contributed by atoms with Crippen LogP contribution in [0.2, 0.25) is 0 Å². The van der Waals surface area contributed by atoms with Crippen LogP contribution in [0.5, 0.6) is 0 Å². The highest BCUT2D eigenvalue weighted by Gasteiger charge is 2.14. The molecule has 0 saturated carbocycles. The first kappa shape index (κ1) is 23.0. The highest BCUT2D eigenvalue weighted by molar-refractivity contribution is 5.97. The SMILES string of the molecule is O=C(COC(=O)c1ccc(CN2CCOCC2)cc1)NC(=O)NCCC1=CCCCC1. The highest BCUT2D eigenvalue weighted by atomic mass is 16.5. The second-order valence-electron chi connectivity index (χ2n) is 7.82. The number of urea groups is 1. The zero-order valence-electron chi connectivity index (χ0n) is 17.9. The van der Waals surface area contributed by atoms with Gasteiger partial charge >= 0.3 is 12.0 Å². The molecule has 2 aliphatic rings. The summed E-state index contributed by atoms with van der Waals surface area (Å²) >= 11 is 0. The summed E-state index contributed by atoms with van der Waals surface area (Å²) < 4.78 is 10.4. The third-order valence-corrected chi connectivity index (χ3v) is 5.40. The van der Waals surface area contributed by atoms with E-state index in [0.29, 0.717) is 12.1 Å². The van der Waals surface area contributed by atoms with Crippen LogP contribution in [0.1, 0.15) is 48.0 Å². The Morgan fingerprint density at radius 2 is 1.84 bits per heavy atom. The summed E-state index contributed by atoms with van der Waals surface area (Å²) in [5.74, 6) is -1.26. The molecule has 1 fully saturated rings. The van der Waals surface area contributed by atoms with Crippen LogP contribution in [-0.4, -0.2) is 62.3 Å². The number of morpholine rings is 1. The lowest BCUT2D eigenvalue weighted by atomic mass is 9.97. The fraction of sp³-hybridized carbons (Fsp3) is 0.522. The zero-order valence-corrected chi connectivity index (χ0v) is 17.9. The normalized spacial score (nSPS) is 16.8. The molecule has 0 unspecified atom stereocenters. The molecule has 0 aromatic heterocycles. The molecule has 1 aromatic rings. The van der Waals surface area contributed by atoms with Crippen LogP contribution in [0.25, 0.3) is 0 Å². The molecule has 2 N–H and O–H groups in total. The van der Waals surface area contributed by atoms with Gasteiger partial charge < -0.3 is 14.8 Å². The number of allylic oxidation sites excluding steroid dienone is 1. The number of carbonyl (C=O) groups is 3. The van der Waals surface area contributed by atoms with Gasteiger partial charge in [-0.15, -0.1) is 0 Å². The Balaban J connectivity index is 1.33. The minimum atomic E-state index is -0.660. The van der Waals surface area contributed by atoms with Gasteiger partial charge in [-0.05, 0) is 49.8 Å². The topological polar surface area (TPSA) is 97.0 Å². The van der Waals surface area contributed by atoms with Crippen molar-refractivity contribution in [2.45, 2.75) is 38.6 Å². The monoisotopic (exact) mass is 429 g/mol. The fourth-order valence-electron chi connectivity index (χ4n) is 3.65. The van der Waals surface area contributed by atoms with Crippen molar-refractivity contribution in [1.29, 1.82) is 0 Å². The summed E-state index contributed by atoms with van der Waals surface area (Å²) in [5, 5.41) is 4.83. The average Bonchev–Trinajstić information content (AvgIpc) is 2.79. The van der Waals surface area contributed by atoms with Crippen molar-refractivity contribution in [1.82, 2.24) is 15.5 Å². The Kier molecular flexibility index (Phi) is 9.05. The molecule has 8 nitrogen and oxygen atoms in total. The third-order valence-electron chi connectivity index (χ3n) is 5.40. The number of benzene rings is 1. The summed E-state index contributed by atoms with van der Waals surface area (Å²) in [5.41, 5.74) is 2.81. The maximum Gasteiger partial charge on any atom is 0.338 e. The van der Waals surface area contributed by atoms with Crippen molar-refractivity contribution in [3.8, 4) is 0 Å². The first-order valence-corrected chi connectivity index (χ1v) is 10.9. The van der Waals surface area contributed by atoms with Gasteiger partial charge in [-0.25, -0.2) is 9.59 Å². The molecule has 3 rings (SSSR count). The number of nitrogens with zero attached hydrogens (tertiary/aromatic N) is 1. The van der Waals surface area contributed by atoms with E-state index in [-0.39, 0.29) is 0 Å². The zero-order chi connectivity index (χ0) is 21.9. The van der Waals surface area contributed by atoms with E-state index >= 15 is 0 Å². The van der Waals surface area contributed by atoms with Crippen molar-refractivity contribution < 1.29 is 23.9 Å². The number of imide groups is 1. The number of amides is 3. The maximum atomic E-state index is 12.1. The third kappa shape index (κ3) is 8.15. The molecule has 0 bridgehead atoms. The van der Waals surface area contributed by atoms with Crippen LogP contribution in [0.3, 0.4) is 0 Å².